The lowest BCUT2D eigenvalue weighted by Gasteiger charge is -2.12. The first kappa shape index (κ1) is 12.8. The van der Waals surface area contributed by atoms with Gasteiger partial charge >= 0.3 is 0 Å². The monoisotopic (exact) mass is 261 g/mol. The topological polar surface area (TPSA) is 37.8 Å². The smallest absolute Gasteiger partial charge is 0.133 e. The van der Waals surface area contributed by atoms with Crippen LogP contribution < -0.4 is 5.32 Å². The van der Waals surface area contributed by atoms with E-state index in [9.17, 15) is 0 Å². The van der Waals surface area contributed by atoms with Crippen LogP contribution in [0.3, 0.4) is 0 Å². The molecule has 2 aromatic rings. The summed E-state index contributed by atoms with van der Waals surface area (Å²) in [6, 6.07) is 7.71. The first-order valence-corrected chi connectivity index (χ1v) is 6.34. The Morgan fingerprint density at radius 1 is 1.11 bits per heavy atom. The van der Waals surface area contributed by atoms with Crippen LogP contribution in [0.4, 0.5) is 5.82 Å². The quantitative estimate of drug-likeness (QED) is 0.912. The molecule has 0 fully saturated rings. The maximum atomic E-state index is 5.91. The van der Waals surface area contributed by atoms with Gasteiger partial charge in [0.05, 0.1) is 5.69 Å². The molecule has 0 spiro atoms. The molecule has 1 aromatic carbocycles. The summed E-state index contributed by atoms with van der Waals surface area (Å²) in [6.07, 6.45) is 0. The molecule has 0 bridgehead atoms. The Morgan fingerprint density at radius 2 is 1.78 bits per heavy atom. The maximum Gasteiger partial charge on any atom is 0.133 e. The molecule has 1 N–H and O–H groups in total. The molecule has 0 radical (unpaired) electrons. The molecule has 1 heterocycles. The highest BCUT2D eigenvalue weighted by molar-refractivity contribution is 6.30. The lowest BCUT2D eigenvalue weighted by molar-refractivity contribution is 1.02. The number of aryl methyl sites for hydroxylation is 1. The summed E-state index contributed by atoms with van der Waals surface area (Å²) < 4.78 is 0. The summed E-state index contributed by atoms with van der Waals surface area (Å²) in [5.41, 5.74) is 3.07. The van der Waals surface area contributed by atoms with Crippen molar-refractivity contribution in [1.29, 1.82) is 0 Å². The Kier molecular flexibility index (Phi) is 3.82. The summed E-state index contributed by atoms with van der Waals surface area (Å²) >= 11 is 5.91. The Morgan fingerprint density at radius 3 is 2.39 bits per heavy atom. The van der Waals surface area contributed by atoms with Gasteiger partial charge in [-0.2, -0.15) is 0 Å². The first-order chi connectivity index (χ1) is 8.61. The number of hydrogen-bond acceptors (Lipinski definition) is 3. The van der Waals surface area contributed by atoms with Crippen molar-refractivity contribution in [2.45, 2.75) is 20.8 Å². The number of nitrogens with zero attached hydrogens (tertiary/aromatic N) is 2. The number of hydrogen-bond donors (Lipinski definition) is 1. The van der Waals surface area contributed by atoms with E-state index in [0.717, 1.165) is 40.0 Å². The minimum atomic E-state index is 0.731. The van der Waals surface area contributed by atoms with Crippen LogP contribution in [0.25, 0.3) is 11.3 Å². The molecule has 3 nitrogen and oxygen atoms in total. The number of halogens is 1. The molecular formula is C14H16ClN3. The van der Waals surface area contributed by atoms with Crippen molar-refractivity contribution in [2.75, 3.05) is 11.9 Å². The summed E-state index contributed by atoms with van der Waals surface area (Å²) in [5, 5.41) is 3.99. The number of rotatable bonds is 3. The van der Waals surface area contributed by atoms with Crippen molar-refractivity contribution in [2.24, 2.45) is 0 Å². The van der Waals surface area contributed by atoms with E-state index in [1.807, 2.05) is 38.1 Å². The van der Waals surface area contributed by atoms with Crippen LogP contribution in [-0.2, 0) is 0 Å². The first-order valence-electron chi connectivity index (χ1n) is 5.97. The average molecular weight is 262 g/mol. The van der Waals surface area contributed by atoms with Gasteiger partial charge in [-0.3, -0.25) is 0 Å². The van der Waals surface area contributed by atoms with E-state index in [-0.39, 0.29) is 0 Å². The van der Waals surface area contributed by atoms with E-state index >= 15 is 0 Å². The third-order valence-corrected chi connectivity index (χ3v) is 2.97. The van der Waals surface area contributed by atoms with Gasteiger partial charge in [-0.1, -0.05) is 23.7 Å². The molecular weight excluding hydrogens is 246 g/mol. The Bertz CT molecular complexity index is 550. The van der Waals surface area contributed by atoms with Crippen molar-refractivity contribution in [1.82, 2.24) is 9.97 Å². The zero-order valence-electron chi connectivity index (χ0n) is 10.8. The van der Waals surface area contributed by atoms with E-state index in [1.165, 1.54) is 0 Å². The molecule has 0 aliphatic carbocycles. The summed E-state index contributed by atoms with van der Waals surface area (Å²) in [5.74, 6) is 1.66. The van der Waals surface area contributed by atoms with Gasteiger partial charge in [-0.05, 0) is 32.9 Å². The Hall–Kier alpha value is -1.61. The molecule has 94 valence electrons. The van der Waals surface area contributed by atoms with Gasteiger partial charge in [0.1, 0.15) is 11.6 Å². The van der Waals surface area contributed by atoms with Crippen molar-refractivity contribution >= 4 is 17.4 Å². The minimum Gasteiger partial charge on any atom is -0.370 e. The van der Waals surface area contributed by atoms with Gasteiger partial charge in [0, 0.05) is 22.7 Å². The van der Waals surface area contributed by atoms with Crippen molar-refractivity contribution in [3.05, 3.63) is 40.7 Å². The second-order valence-corrected chi connectivity index (χ2v) is 4.57. The highest BCUT2D eigenvalue weighted by atomic mass is 35.5. The largest absolute Gasteiger partial charge is 0.370 e. The average Bonchev–Trinajstić information content (AvgIpc) is 2.35. The maximum absolute atomic E-state index is 5.91. The van der Waals surface area contributed by atoms with Gasteiger partial charge in [0.15, 0.2) is 0 Å². The van der Waals surface area contributed by atoms with Crippen LogP contribution in [0.15, 0.2) is 24.3 Å². The van der Waals surface area contributed by atoms with Crippen molar-refractivity contribution < 1.29 is 0 Å². The SMILES string of the molecule is CCNc1nc(C)nc(-c2ccc(Cl)cc2)c1C. The molecule has 4 heteroatoms. The predicted octanol–water partition coefficient (Wildman–Crippen LogP) is 3.85. The van der Waals surface area contributed by atoms with E-state index in [2.05, 4.69) is 22.2 Å². The lowest BCUT2D eigenvalue weighted by Crippen LogP contribution is -2.06. The standard InChI is InChI=1S/C14H16ClN3/c1-4-16-14-9(2)13(17-10(3)18-14)11-5-7-12(15)8-6-11/h5-8H,4H2,1-3H3,(H,16,17,18). The van der Waals surface area contributed by atoms with Crippen molar-refractivity contribution in [3.63, 3.8) is 0 Å². The third-order valence-electron chi connectivity index (χ3n) is 2.72. The molecule has 0 aliphatic rings. The summed E-state index contributed by atoms with van der Waals surface area (Å²) in [6.45, 7) is 6.83. The molecule has 0 unspecified atom stereocenters. The predicted molar refractivity (Wildman–Crippen MR) is 76.1 cm³/mol. The fourth-order valence-corrected chi connectivity index (χ4v) is 1.98. The molecule has 0 amide bonds. The zero-order chi connectivity index (χ0) is 13.1. The van der Waals surface area contributed by atoms with Crippen LogP contribution in [0.1, 0.15) is 18.3 Å². The highest BCUT2D eigenvalue weighted by Gasteiger charge is 2.10. The lowest BCUT2D eigenvalue weighted by atomic mass is 10.1. The van der Waals surface area contributed by atoms with Crippen LogP contribution in [-0.4, -0.2) is 16.5 Å². The van der Waals surface area contributed by atoms with Gasteiger partial charge < -0.3 is 5.32 Å². The molecule has 2 rings (SSSR count). The van der Waals surface area contributed by atoms with Gasteiger partial charge in [-0.25, -0.2) is 9.97 Å². The molecule has 0 aliphatic heterocycles. The van der Waals surface area contributed by atoms with Crippen LogP contribution in [0.2, 0.25) is 5.02 Å². The fourth-order valence-electron chi connectivity index (χ4n) is 1.86. The van der Waals surface area contributed by atoms with Gasteiger partial charge in [0.25, 0.3) is 0 Å². The number of anilines is 1. The molecule has 0 atom stereocenters. The van der Waals surface area contributed by atoms with Crippen LogP contribution >= 0.6 is 11.6 Å². The van der Waals surface area contributed by atoms with E-state index in [4.69, 9.17) is 11.6 Å². The second kappa shape index (κ2) is 5.36. The zero-order valence-corrected chi connectivity index (χ0v) is 11.5. The van der Waals surface area contributed by atoms with Crippen molar-refractivity contribution in [3.8, 4) is 11.3 Å². The van der Waals surface area contributed by atoms with Gasteiger partial charge in [-0.15, -0.1) is 0 Å². The summed E-state index contributed by atoms with van der Waals surface area (Å²) in [7, 11) is 0. The third kappa shape index (κ3) is 2.62. The number of nitrogens with one attached hydrogen (secondary N) is 1. The molecule has 1 aromatic heterocycles. The second-order valence-electron chi connectivity index (χ2n) is 4.13. The highest BCUT2D eigenvalue weighted by Crippen LogP contribution is 2.26. The molecule has 0 saturated carbocycles. The Balaban J connectivity index is 2.53. The van der Waals surface area contributed by atoms with E-state index < -0.39 is 0 Å². The number of aromatic nitrogens is 2. The minimum absolute atomic E-state index is 0.731. The Labute approximate surface area is 112 Å². The van der Waals surface area contributed by atoms with Crippen LogP contribution in [0.5, 0.6) is 0 Å². The van der Waals surface area contributed by atoms with Crippen LogP contribution in [0, 0.1) is 13.8 Å². The van der Waals surface area contributed by atoms with Gasteiger partial charge in [0.2, 0.25) is 0 Å². The number of benzene rings is 1. The van der Waals surface area contributed by atoms with E-state index in [0.29, 0.717) is 0 Å². The van der Waals surface area contributed by atoms with E-state index in [1.54, 1.807) is 0 Å². The summed E-state index contributed by atoms with van der Waals surface area (Å²) in [4.78, 5) is 8.94. The fraction of sp³-hybridized carbons (Fsp3) is 0.286. The molecule has 18 heavy (non-hydrogen) atoms. The normalized spacial score (nSPS) is 10.4. The molecule has 0 saturated heterocycles.